The molecule has 1 aromatic carbocycles. The molecule has 1 aromatic rings. The van der Waals surface area contributed by atoms with Crippen LogP contribution in [0.3, 0.4) is 0 Å². The Balaban J connectivity index is 2.45. The molecule has 0 saturated heterocycles. The molecule has 0 saturated carbocycles. The fourth-order valence-electron chi connectivity index (χ4n) is 1.52. The van der Waals surface area contributed by atoms with E-state index in [0.717, 1.165) is 5.75 Å². The summed E-state index contributed by atoms with van der Waals surface area (Å²) in [4.78, 5) is 0. The van der Waals surface area contributed by atoms with Gasteiger partial charge in [0.15, 0.2) is 0 Å². The predicted molar refractivity (Wildman–Crippen MR) is 73.4 cm³/mol. The minimum absolute atomic E-state index is 0.165. The Morgan fingerprint density at radius 3 is 2.41 bits per heavy atom. The molecule has 0 heterocycles. The number of rotatable bonds is 7. The first-order chi connectivity index (χ1) is 8.17. The normalized spacial score (nSPS) is 14.6. The third-order valence-electron chi connectivity index (χ3n) is 2.63. The second-order valence-corrected chi connectivity index (χ2v) is 5.20. The molecule has 3 N–H and O–H groups in total. The monoisotopic (exact) mass is 255 g/mol. The molecule has 0 aliphatic heterocycles. The Bertz CT molecular complexity index is 316. The maximum atomic E-state index is 9.26. The van der Waals surface area contributed by atoms with Crippen LogP contribution in [-0.4, -0.2) is 41.5 Å². The zero-order valence-corrected chi connectivity index (χ0v) is 11.2. The van der Waals surface area contributed by atoms with Crippen LogP contribution in [0.25, 0.3) is 0 Å². The average molecular weight is 255 g/mol. The van der Waals surface area contributed by atoms with Gasteiger partial charge in [-0.2, -0.15) is 11.8 Å². The van der Waals surface area contributed by atoms with Crippen molar-refractivity contribution in [1.82, 2.24) is 5.32 Å². The van der Waals surface area contributed by atoms with Crippen LogP contribution in [0.4, 0.5) is 0 Å². The molecule has 4 heteroatoms. The van der Waals surface area contributed by atoms with Crippen LogP contribution >= 0.6 is 11.8 Å². The second-order valence-electron chi connectivity index (χ2n) is 4.13. The number of thioether (sulfide) groups is 1. The second kappa shape index (κ2) is 7.71. The minimum Gasteiger partial charge on any atom is -0.394 e. The third kappa shape index (κ3) is 5.08. The summed E-state index contributed by atoms with van der Waals surface area (Å²) in [5, 5.41) is 21.2. The topological polar surface area (TPSA) is 52.5 Å². The molecule has 0 bridgehead atoms. The van der Waals surface area contributed by atoms with Crippen LogP contribution in [0.1, 0.15) is 17.2 Å². The smallest absolute Gasteiger partial charge is 0.0861 e. The van der Waals surface area contributed by atoms with E-state index >= 15 is 0 Å². The number of hydrogen-bond acceptors (Lipinski definition) is 4. The van der Waals surface area contributed by atoms with Gasteiger partial charge in [0.25, 0.3) is 0 Å². The quantitative estimate of drug-likeness (QED) is 0.688. The van der Waals surface area contributed by atoms with Crippen LogP contribution in [0.5, 0.6) is 0 Å². The van der Waals surface area contributed by atoms with Crippen molar-refractivity contribution in [3.05, 3.63) is 35.4 Å². The van der Waals surface area contributed by atoms with Crippen molar-refractivity contribution in [3.63, 3.8) is 0 Å². The summed E-state index contributed by atoms with van der Waals surface area (Å²) in [6.45, 7) is 1.91. The van der Waals surface area contributed by atoms with E-state index in [4.69, 9.17) is 5.11 Å². The molecule has 0 amide bonds. The van der Waals surface area contributed by atoms with E-state index < -0.39 is 6.10 Å². The molecule has 0 spiro atoms. The highest BCUT2D eigenvalue weighted by Gasteiger charge is 2.10. The lowest BCUT2D eigenvalue weighted by Crippen LogP contribution is -2.21. The van der Waals surface area contributed by atoms with E-state index in [1.807, 2.05) is 7.05 Å². The maximum absolute atomic E-state index is 9.26. The van der Waals surface area contributed by atoms with E-state index in [1.54, 1.807) is 11.8 Å². The molecular formula is C13H21NO2S. The van der Waals surface area contributed by atoms with Crippen LogP contribution < -0.4 is 5.32 Å². The van der Waals surface area contributed by atoms with Crippen molar-refractivity contribution in [2.75, 3.05) is 25.2 Å². The van der Waals surface area contributed by atoms with Gasteiger partial charge in [0.05, 0.1) is 12.7 Å². The van der Waals surface area contributed by atoms with Gasteiger partial charge in [-0.05, 0) is 19.5 Å². The number of hydrogen-bond donors (Lipinski definition) is 3. The Hall–Kier alpha value is -0.550. The third-order valence-corrected chi connectivity index (χ3v) is 3.82. The van der Waals surface area contributed by atoms with Gasteiger partial charge in [0.1, 0.15) is 0 Å². The molecule has 0 fully saturated rings. The summed E-state index contributed by atoms with van der Waals surface area (Å²) >= 11 is 1.65. The molecule has 0 radical (unpaired) electrons. The van der Waals surface area contributed by atoms with Crippen LogP contribution in [0.15, 0.2) is 24.3 Å². The highest BCUT2D eigenvalue weighted by molar-refractivity contribution is 7.99. The number of benzene rings is 1. The number of aliphatic hydroxyl groups excluding tert-OH is 2. The molecule has 1 rings (SSSR count). The van der Waals surface area contributed by atoms with Crippen molar-refractivity contribution >= 4 is 11.8 Å². The van der Waals surface area contributed by atoms with Crippen molar-refractivity contribution in [2.24, 2.45) is 0 Å². The van der Waals surface area contributed by atoms with Gasteiger partial charge < -0.3 is 15.5 Å². The largest absolute Gasteiger partial charge is 0.394 e. The van der Waals surface area contributed by atoms with Gasteiger partial charge in [-0.25, -0.2) is 0 Å². The summed E-state index contributed by atoms with van der Waals surface area (Å²) in [5.41, 5.74) is 2.51. The van der Waals surface area contributed by atoms with E-state index in [2.05, 4.69) is 36.5 Å². The van der Waals surface area contributed by atoms with Gasteiger partial charge in [-0.1, -0.05) is 29.8 Å². The van der Waals surface area contributed by atoms with Gasteiger partial charge in [-0.15, -0.1) is 0 Å². The molecule has 96 valence electrons. The molecular weight excluding hydrogens is 234 g/mol. The molecule has 0 aliphatic rings. The lowest BCUT2D eigenvalue weighted by Gasteiger charge is -2.17. The van der Waals surface area contributed by atoms with Gasteiger partial charge in [-0.3, -0.25) is 0 Å². The van der Waals surface area contributed by atoms with Crippen molar-refractivity contribution in [2.45, 2.75) is 19.1 Å². The lowest BCUT2D eigenvalue weighted by molar-refractivity contribution is 0.113. The standard InChI is InChI=1S/C13H21NO2S/c1-10-3-5-11(6-4-10)13(14-2)9-17-8-12(16)7-15/h3-6,12-16H,7-9H2,1-2H3. The summed E-state index contributed by atoms with van der Waals surface area (Å²) in [5.74, 6) is 1.46. The van der Waals surface area contributed by atoms with Gasteiger partial charge in [0, 0.05) is 17.5 Å². The lowest BCUT2D eigenvalue weighted by atomic mass is 10.1. The maximum Gasteiger partial charge on any atom is 0.0861 e. The SMILES string of the molecule is CNC(CSCC(O)CO)c1ccc(C)cc1. The first-order valence-corrected chi connectivity index (χ1v) is 6.93. The molecule has 17 heavy (non-hydrogen) atoms. The first-order valence-electron chi connectivity index (χ1n) is 5.78. The summed E-state index contributed by atoms with van der Waals surface area (Å²) in [7, 11) is 1.94. The fourth-order valence-corrected chi connectivity index (χ4v) is 2.63. The van der Waals surface area contributed by atoms with Gasteiger partial charge >= 0.3 is 0 Å². The van der Waals surface area contributed by atoms with Crippen LogP contribution in [0.2, 0.25) is 0 Å². The first kappa shape index (κ1) is 14.5. The zero-order chi connectivity index (χ0) is 12.7. The number of aliphatic hydroxyl groups is 2. The summed E-state index contributed by atoms with van der Waals surface area (Å²) in [6.07, 6.45) is -0.615. The zero-order valence-electron chi connectivity index (χ0n) is 10.4. The summed E-state index contributed by atoms with van der Waals surface area (Å²) in [6, 6.07) is 8.74. The molecule has 0 aromatic heterocycles. The predicted octanol–water partition coefficient (Wildman–Crippen LogP) is 1.34. The van der Waals surface area contributed by atoms with E-state index in [0.29, 0.717) is 5.75 Å². The number of aryl methyl sites for hydroxylation is 1. The van der Waals surface area contributed by atoms with Crippen LogP contribution in [-0.2, 0) is 0 Å². The van der Waals surface area contributed by atoms with Crippen molar-refractivity contribution < 1.29 is 10.2 Å². The molecule has 3 nitrogen and oxygen atoms in total. The Morgan fingerprint density at radius 2 is 1.88 bits per heavy atom. The van der Waals surface area contributed by atoms with Crippen molar-refractivity contribution in [3.8, 4) is 0 Å². The molecule has 2 unspecified atom stereocenters. The highest BCUT2D eigenvalue weighted by Crippen LogP contribution is 2.19. The van der Waals surface area contributed by atoms with E-state index in [-0.39, 0.29) is 12.6 Å². The Kier molecular flexibility index (Phi) is 6.58. The molecule has 0 aliphatic carbocycles. The van der Waals surface area contributed by atoms with E-state index in [9.17, 15) is 5.11 Å². The Morgan fingerprint density at radius 1 is 1.24 bits per heavy atom. The van der Waals surface area contributed by atoms with Gasteiger partial charge in [0.2, 0.25) is 0 Å². The highest BCUT2D eigenvalue weighted by atomic mass is 32.2. The van der Waals surface area contributed by atoms with E-state index in [1.165, 1.54) is 11.1 Å². The number of nitrogens with one attached hydrogen (secondary N) is 1. The van der Waals surface area contributed by atoms with Crippen LogP contribution in [0, 0.1) is 6.92 Å². The molecule has 2 atom stereocenters. The summed E-state index contributed by atoms with van der Waals surface area (Å²) < 4.78 is 0. The van der Waals surface area contributed by atoms with Crippen molar-refractivity contribution in [1.29, 1.82) is 0 Å². The average Bonchev–Trinajstić information content (AvgIpc) is 2.35. The fraction of sp³-hybridized carbons (Fsp3) is 0.538. The minimum atomic E-state index is -0.615. The Labute approximate surface area is 107 Å².